The zero-order chi connectivity index (χ0) is 14.3. The molecule has 0 aromatic carbocycles. The second-order valence-electron chi connectivity index (χ2n) is 4.43. The number of rotatable bonds is 6. The Labute approximate surface area is 106 Å². The van der Waals surface area contributed by atoms with Gasteiger partial charge in [0.1, 0.15) is 0 Å². The van der Waals surface area contributed by atoms with E-state index in [4.69, 9.17) is 10.4 Å². The third kappa shape index (κ3) is 5.01. The molecule has 2 amide bonds. The summed E-state index contributed by atoms with van der Waals surface area (Å²) in [4.78, 5) is 23.8. The first-order valence-electron chi connectivity index (χ1n) is 5.59. The van der Waals surface area contributed by atoms with E-state index in [-0.39, 0.29) is 19.0 Å². The van der Waals surface area contributed by atoms with Crippen molar-refractivity contribution in [2.75, 3.05) is 13.1 Å². The van der Waals surface area contributed by atoms with Gasteiger partial charge in [-0.15, -0.1) is 0 Å². The predicted octanol–water partition coefficient (Wildman–Crippen LogP) is 0.156. The van der Waals surface area contributed by atoms with E-state index in [1.165, 1.54) is 4.90 Å². The monoisotopic (exact) mass is 257 g/mol. The molecule has 1 unspecified atom stereocenters. The first-order chi connectivity index (χ1) is 8.22. The van der Waals surface area contributed by atoms with Gasteiger partial charge in [-0.25, -0.2) is 9.59 Å². The van der Waals surface area contributed by atoms with E-state index in [9.17, 15) is 14.7 Å². The van der Waals surface area contributed by atoms with Crippen molar-refractivity contribution in [3.05, 3.63) is 0 Å². The largest absolute Gasteiger partial charge is 0.479 e. The minimum absolute atomic E-state index is 0.117. The molecule has 0 aliphatic carbocycles. The van der Waals surface area contributed by atoms with Gasteiger partial charge in [0.05, 0.1) is 19.0 Å². The quantitative estimate of drug-likeness (QED) is 0.627. The number of urea groups is 1. The molecule has 0 bridgehead atoms. The first kappa shape index (κ1) is 16.2. The molecule has 0 aliphatic rings. The van der Waals surface area contributed by atoms with Crippen molar-refractivity contribution in [3.8, 4) is 6.07 Å². The molecule has 18 heavy (non-hydrogen) atoms. The molecule has 0 saturated carbocycles. The second-order valence-corrected chi connectivity index (χ2v) is 4.43. The number of aliphatic hydroxyl groups is 1. The lowest BCUT2D eigenvalue weighted by molar-refractivity contribution is -0.155. The van der Waals surface area contributed by atoms with Gasteiger partial charge in [0.25, 0.3) is 0 Å². The average Bonchev–Trinajstić information content (AvgIpc) is 2.26. The highest BCUT2D eigenvalue weighted by atomic mass is 16.4. The van der Waals surface area contributed by atoms with E-state index in [2.05, 4.69) is 5.32 Å². The van der Waals surface area contributed by atoms with Gasteiger partial charge in [0, 0.05) is 12.6 Å². The van der Waals surface area contributed by atoms with Crippen LogP contribution in [-0.2, 0) is 4.79 Å². The Bertz CT molecular complexity index is 347. The normalized spacial score (nSPS) is 13.6. The maximum Gasteiger partial charge on any atom is 0.337 e. The van der Waals surface area contributed by atoms with E-state index >= 15 is 0 Å². The third-order valence-corrected chi connectivity index (χ3v) is 2.39. The number of nitriles is 1. The number of nitrogens with one attached hydrogen (secondary N) is 1. The van der Waals surface area contributed by atoms with Gasteiger partial charge in [-0.05, 0) is 20.8 Å². The van der Waals surface area contributed by atoms with Crippen LogP contribution in [0.3, 0.4) is 0 Å². The Morgan fingerprint density at radius 3 is 2.44 bits per heavy atom. The minimum Gasteiger partial charge on any atom is -0.479 e. The van der Waals surface area contributed by atoms with E-state index in [0.29, 0.717) is 0 Å². The number of hydrogen-bond donors (Lipinski definition) is 3. The fourth-order valence-electron chi connectivity index (χ4n) is 1.19. The van der Waals surface area contributed by atoms with Crippen molar-refractivity contribution in [2.24, 2.45) is 0 Å². The number of carbonyl (C=O) groups excluding carboxylic acids is 1. The van der Waals surface area contributed by atoms with Gasteiger partial charge < -0.3 is 20.4 Å². The van der Waals surface area contributed by atoms with Gasteiger partial charge in [0.15, 0.2) is 5.60 Å². The van der Waals surface area contributed by atoms with Crippen LogP contribution in [0.1, 0.15) is 27.2 Å². The number of aliphatic carboxylic acids is 1. The van der Waals surface area contributed by atoms with Crippen LogP contribution < -0.4 is 5.32 Å². The van der Waals surface area contributed by atoms with Crippen LogP contribution >= 0.6 is 0 Å². The molecule has 0 heterocycles. The predicted molar refractivity (Wildman–Crippen MR) is 63.7 cm³/mol. The number of carboxylic acid groups (broad SMARTS) is 1. The zero-order valence-corrected chi connectivity index (χ0v) is 10.8. The van der Waals surface area contributed by atoms with Gasteiger partial charge >= 0.3 is 12.0 Å². The Balaban J connectivity index is 4.45. The number of carbonyl (C=O) groups is 2. The maximum absolute atomic E-state index is 11.8. The van der Waals surface area contributed by atoms with Crippen LogP contribution in [0.5, 0.6) is 0 Å². The lowest BCUT2D eigenvalue weighted by Gasteiger charge is -2.27. The molecule has 1 atom stereocenters. The van der Waals surface area contributed by atoms with E-state index < -0.39 is 24.1 Å². The van der Waals surface area contributed by atoms with Crippen molar-refractivity contribution in [3.63, 3.8) is 0 Å². The fraction of sp³-hybridized carbons (Fsp3) is 0.727. The number of carboxylic acids is 1. The maximum atomic E-state index is 11.8. The minimum atomic E-state index is -2.01. The average molecular weight is 257 g/mol. The summed E-state index contributed by atoms with van der Waals surface area (Å²) in [5, 5.41) is 29.0. The zero-order valence-electron chi connectivity index (χ0n) is 10.8. The van der Waals surface area contributed by atoms with Crippen LogP contribution in [-0.4, -0.2) is 51.8 Å². The SMILES string of the molecule is CC(C)N(CCC#N)C(=O)NCC(C)(O)C(=O)O. The van der Waals surface area contributed by atoms with Crippen molar-refractivity contribution in [2.45, 2.75) is 38.8 Å². The lowest BCUT2D eigenvalue weighted by atomic mass is 10.1. The summed E-state index contributed by atoms with van der Waals surface area (Å²) in [5.41, 5.74) is -2.01. The highest BCUT2D eigenvalue weighted by Gasteiger charge is 2.31. The van der Waals surface area contributed by atoms with Gasteiger partial charge in [-0.2, -0.15) is 5.26 Å². The number of amides is 2. The second kappa shape index (κ2) is 6.81. The van der Waals surface area contributed by atoms with E-state index in [0.717, 1.165) is 6.92 Å². The molecular weight excluding hydrogens is 238 g/mol. The molecule has 7 heteroatoms. The van der Waals surface area contributed by atoms with Crippen LogP contribution in [0.25, 0.3) is 0 Å². The summed E-state index contributed by atoms with van der Waals surface area (Å²) in [7, 11) is 0. The summed E-state index contributed by atoms with van der Waals surface area (Å²) in [5.74, 6) is -1.41. The Hall–Kier alpha value is -1.81. The summed E-state index contributed by atoms with van der Waals surface area (Å²) in [6.07, 6.45) is 0.195. The molecule has 7 nitrogen and oxygen atoms in total. The van der Waals surface area contributed by atoms with Crippen molar-refractivity contribution < 1.29 is 19.8 Å². The van der Waals surface area contributed by atoms with Crippen LogP contribution in [0, 0.1) is 11.3 Å². The number of hydrogen-bond acceptors (Lipinski definition) is 4. The van der Waals surface area contributed by atoms with Crippen molar-refractivity contribution in [1.82, 2.24) is 10.2 Å². The molecule has 0 saturated heterocycles. The molecule has 3 N–H and O–H groups in total. The standard InChI is InChI=1S/C11H19N3O4/c1-8(2)14(6-4-5-12)10(17)13-7-11(3,18)9(15)16/h8,18H,4,6-7H2,1-3H3,(H,13,17)(H,15,16). The summed E-state index contributed by atoms with van der Waals surface area (Å²) in [6, 6.07) is 1.32. The molecule has 0 rings (SSSR count). The molecule has 0 fully saturated rings. The highest BCUT2D eigenvalue weighted by Crippen LogP contribution is 2.04. The van der Waals surface area contributed by atoms with Crippen molar-refractivity contribution in [1.29, 1.82) is 5.26 Å². The molecule has 0 aromatic heterocycles. The van der Waals surface area contributed by atoms with Crippen molar-refractivity contribution >= 4 is 12.0 Å². The Morgan fingerprint density at radius 2 is 2.06 bits per heavy atom. The summed E-state index contributed by atoms with van der Waals surface area (Å²) in [6.45, 7) is 4.54. The molecule has 0 aliphatic heterocycles. The van der Waals surface area contributed by atoms with Crippen LogP contribution in [0.15, 0.2) is 0 Å². The fourth-order valence-corrected chi connectivity index (χ4v) is 1.19. The molecular formula is C11H19N3O4. The van der Waals surface area contributed by atoms with Gasteiger partial charge in [0.2, 0.25) is 0 Å². The Kier molecular flexibility index (Phi) is 6.13. The smallest absolute Gasteiger partial charge is 0.337 e. The van der Waals surface area contributed by atoms with E-state index in [1.54, 1.807) is 13.8 Å². The van der Waals surface area contributed by atoms with Crippen LogP contribution in [0.2, 0.25) is 0 Å². The molecule has 0 spiro atoms. The van der Waals surface area contributed by atoms with Gasteiger partial charge in [-0.1, -0.05) is 0 Å². The summed E-state index contributed by atoms with van der Waals surface area (Å²) < 4.78 is 0. The molecule has 0 aromatic rings. The van der Waals surface area contributed by atoms with E-state index in [1.807, 2.05) is 6.07 Å². The number of nitrogens with zero attached hydrogens (tertiary/aromatic N) is 2. The molecule has 0 radical (unpaired) electrons. The topological polar surface area (TPSA) is 114 Å². The lowest BCUT2D eigenvalue weighted by Crippen LogP contribution is -2.51. The third-order valence-electron chi connectivity index (χ3n) is 2.39. The molecule has 102 valence electrons. The first-order valence-corrected chi connectivity index (χ1v) is 5.59. The Morgan fingerprint density at radius 1 is 1.50 bits per heavy atom. The summed E-state index contributed by atoms with van der Waals surface area (Å²) >= 11 is 0. The van der Waals surface area contributed by atoms with Gasteiger partial charge in [-0.3, -0.25) is 0 Å². The van der Waals surface area contributed by atoms with Crippen LogP contribution in [0.4, 0.5) is 4.79 Å². The highest BCUT2D eigenvalue weighted by molar-refractivity contribution is 5.79.